The number of esters is 2. The normalized spacial score (nSPS) is 40.1. The Morgan fingerprint density at radius 3 is 2.04 bits per heavy atom. The fourth-order valence-corrected chi connectivity index (χ4v) is 12.8. The minimum Gasteiger partial charge on any atom is -0.507 e. The average Bonchev–Trinajstić information content (AvgIpc) is 2.10. The number of ketones is 2. The first kappa shape index (κ1) is 63.8. The van der Waals surface area contributed by atoms with E-state index in [0.717, 1.165) is 0 Å². The lowest BCUT2D eigenvalue weighted by Crippen LogP contribution is -2.61. The maximum absolute atomic E-state index is 15.1. The molecule has 0 amide bonds. The molecule has 6 aliphatic rings. The summed E-state index contributed by atoms with van der Waals surface area (Å²) in [5.74, 6) is -7.51. The number of carbonyl (C=O) groups excluding carboxylic acids is 4. The van der Waals surface area contributed by atoms with Gasteiger partial charge in [-0.25, -0.2) is 0 Å². The van der Waals surface area contributed by atoms with E-state index < -0.39 is 187 Å². The third kappa shape index (κ3) is 13.0. The Bertz CT molecular complexity index is 2600. The standard InChI is InChI=1S/C57H82O25/c1-21-35(79-39-17-36(52(26(6)75-39)77-28(8)59)80-38-16-34(61)51(70-11)25(5)74-38)15-31-13-30-14-32(53(71-12)49(68)46(65)24(4)58)54(48(67)42(30)47(66)41(31)45(21)64)82-56-23(3)43(62)33(19-73-56)50-22(2)44(63)37(20-72-50)81-40-18-57(10,69)55(27(7)76-40)78-29(9)60/h13,15,22-27,32-34,36-40,43-44,46,50-56,58,61-66,69H,14,16-20H2,1-12H3. The molecule has 1 aliphatic carbocycles. The number of rotatable bonds is 17. The van der Waals surface area contributed by atoms with Gasteiger partial charge in [0.15, 0.2) is 42.6 Å². The van der Waals surface area contributed by atoms with Crippen LogP contribution in [-0.4, -0.2) is 220 Å². The van der Waals surface area contributed by atoms with Crippen molar-refractivity contribution >= 4 is 34.3 Å². The Balaban J connectivity index is 1.02. The molecule has 0 radical (unpaired) electrons. The van der Waals surface area contributed by atoms with Crippen LogP contribution in [0.4, 0.5) is 0 Å². The smallest absolute Gasteiger partial charge is 0.303 e. The number of phenols is 2. The van der Waals surface area contributed by atoms with Crippen LogP contribution in [0.3, 0.4) is 0 Å². The molecule has 5 saturated heterocycles. The topological polar surface area (TPSA) is 350 Å². The van der Waals surface area contributed by atoms with Gasteiger partial charge in [0.2, 0.25) is 6.29 Å². The van der Waals surface area contributed by atoms with Crippen LogP contribution < -0.4 is 4.74 Å². The number of benzene rings is 2. The zero-order valence-corrected chi connectivity index (χ0v) is 48.3. The van der Waals surface area contributed by atoms with E-state index >= 15 is 4.79 Å². The van der Waals surface area contributed by atoms with Gasteiger partial charge in [0.05, 0.1) is 73.0 Å². The summed E-state index contributed by atoms with van der Waals surface area (Å²) in [7, 11) is 2.66. The lowest BCUT2D eigenvalue weighted by atomic mass is 9.74. The molecule has 0 spiro atoms. The number of carbonyl (C=O) groups is 4. The maximum atomic E-state index is 15.1. The lowest BCUT2D eigenvalue weighted by Gasteiger charge is -2.49. The molecule has 25 heteroatoms. The fourth-order valence-electron chi connectivity index (χ4n) is 12.8. The highest BCUT2D eigenvalue weighted by atomic mass is 16.7. The second-order valence-electron chi connectivity index (χ2n) is 23.3. The van der Waals surface area contributed by atoms with E-state index in [1.165, 1.54) is 61.0 Å². The van der Waals surface area contributed by atoms with Gasteiger partial charge in [-0.05, 0) is 71.0 Å². The van der Waals surface area contributed by atoms with Crippen molar-refractivity contribution in [2.75, 3.05) is 27.4 Å². The molecule has 82 heavy (non-hydrogen) atoms. The summed E-state index contributed by atoms with van der Waals surface area (Å²) in [6.07, 6.45) is -21.7. The molecule has 25 atom stereocenters. The zero-order chi connectivity index (χ0) is 60.1. The lowest BCUT2D eigenvalue weighted by molar-refractivity contribution is -0.314. The molecule has 2 aromatic rings. The first-order valence-corrected chi connectivity index (χ1v) is 28.0. The van der Waals surface area contributed by atoms with Crippen LogP contribution in [0.5, 0.6) is 17.2 Å². The Morgan fingerprint density at radius 1 is 0.768 bits per heavy atom. The largest absolute Gasteiger partial charge is 0.507 e. The van der Waals surface area contributed by atoms with E-state index in [-0.39, 0.29) is 72.1 Å². The number of aromatic hydroxyl groups is 2. The average molecular weight is 1170 g/mol. The number of hydrogen-bond acceptors (Lipinski definition) is 25. The van der Waals surface area contributed by atoms with Crippen LogP contribution in [0.2, 0.25) is 0 Å². The number of aliphatic hydroxyl groups is 6. The molecule has 460 valence electrons. The molecule has 2 aromatic carbocycles. The molecule has 25 unspecified atom stereocenters. The van der Waals surface area contributed by atoms with Crippen molar-refractivity contribution in [3.8, 4) is 17.2 Å². The SMILES string of the molecule is COC(C(=O)C(O)C(C)O)C1Cc2cc3cc(OC4CC(OC5CC(O)C(OC)C(C)O5)C(OC(C)=O)C(C)O4)c(C)c(O)c3c(O)c2C(=O)C1OC1OCC(C2OCC(OC3CC(C)(O)C(OC(C)=O)C(C)O3)C(O)C2C)C(O)C1C. The zero-order valence-electron chi connectivity index (χ0n) is 48.3. The van der Waals surface area contributed by atoms with Crippen molar-refractivity contribution in [2.45, 2.75) is 223 Å². The fraction of sp³-hybridized carbons (Fsp3) is 0.754. The summed E-state index contributed by atoms with van der Waals surface area (Å²) in [6, 6.07) is 3.06. The predicted octanol–water partition coefficient (Wildman–Crippen LogP) is 1.53. The van der Waals surface area contributed by atoms with Crippen LogP contribution in [0.1, 0.15) is 103 Å². The Morgan fingerprint density at radius 2 is 1.41 bits per heavy atom. The number of fused-ring (bicyclic) bond motifs is 2. The highest BCUT2D eigenvalue weighted by Crippen LogP contribution is 2.48. The molecular formula is C57H82O25. The van der Waals surface area contributed by atoms with Gasteiger partial charge < -0.3 is 102 Å². The number of phenolic OH excluding ortho intramolecular Hbond substituents is 2. The second-order valence-corrected chi connectivity index (χ2v) is 23.3. The van der Waals surface area contributed by atoms with E-state index in [4.69, 9.17) is 61.6 Å². The van der Waals surface area contributed by atoms with E-state index in [0.29, 0.717) is 0 Å². The van der Waals surface area contributed by atoms with Crippen molar-refractivity contribution < 1.29 is 122 Å². The summed E-state index contributed by atoms with van der Waals surface area (Å²) in [6.45, 7) is 14.8. The quantitative estimate of drug-likeness (QED) is 0.104. The Labute approximate surface area is 475 Å². The van der Waals surface area contributed by atoms with Crippen LogP contribution in [0.15, 0.2) is 12.1 Å². The van der Waals surface area contributed by atoms with Gasteiger partial charge in [-0.3, -0.25) is 19.2 Å². The highest BCUT2D eigenvalue weighted by Gasteiger charge is 2.54. The molecule has 25 nitrogen and oxygen atoms in total. The van der Waals surface area contributed by atoms with Crippen LogP contribution in [0, 0.1) is 30.6 Å². The first-order valence-electron chi connectivity index (χ1n) is 28.0. The maximum Gasteiger partial charge on any atom is 0.303 e. The van der Waals surface area contributed by atoms with Gasteiger partial charge in [-0.15, -0.1) is 0 Å². The third-order valence-corrected chi connectivity index (χ3v) is 17.2. The van der Waals surface area contributed by atoms with Gasteiger partial charge in [-0.1, -0.05) is 13.8 Å². The minimum absolute atomic E-state index is 0.0183. The summed E-state index contributed by atoms with van der Waals surface area (Å²) in [5, 5.41) is 90.8. The number of hydrogen-bond donors (Lipinski definition) is 8. The van der Waals surface area contributed by atoms with Crippen LogP contribution in [0.25, 0.3) is 10.8 Å². The van der Waals surface area contributed by atoms with Gasteiger partial charge >= 0.3 is 11.9 Å². The van der Waals surface area contributed by atoms with E-state index in [9.17, 15) is 55.2 Å². The van der Waals surface area contributed by atoms with Crippen LogP contribution >= 0.6 is 0 Å². The summed E-state index contributed by atoms with van der Waals surface area (Å²) < 4.78 is 78.1. The number of methoxy groups -OCH3 is 2. The monoisotopic (exact) mass is 1170 g/mol. The molecule has 8 rings (SSSR count). The van der Waals surface area contributed by atoms with Gasteiger partial charge in [-0.2, -0.15) is 0 Å². The molecule has 8 N–H and O–H groups in total. The van der Waals surface area contributed by atoms with Gasteiger partial charge in [0.1, 0.15) is 59.5 Å². The van der Waals surface area contributed by atoms with E-state index in [2.05, 4.69) is 0 Å². The molecule has 5 aliphatic heterocycles. The summed E-state index contributed by atoms with van der Waals surface area (Å²) in [5.41, 5.74) is -1.43. The van der Waals surface area contributed by atoms with Gasteiger partial charge in [0.25, 0.3) is 0 Å². The number of ether oxygens (including phenoxy) is 13. The molecule has 0 bridgehead atoms. The highest BCUT2D eigenvalue weighted by molar-refractivity contribution is 6.11. The second kappa shape index (κ2) is 25.8. The van der Waals surface area contributed by atoms with Crippen molar-refractivity contribution in [1.82, 2.24) is 0 Å². The van der Waals surface area contributed by atoms with Crippen LogP contribution in [-0.2, 0) is 77.6 Å². The van der Waals surface area contributed by atoms with Crippen molar-refractivity contribution in [3.63, 3.8) is 0 Å². The van der Waals surface area contributed by atoms with Crippen molar-refractivity contribution in [1.29, 1.82) is 0 Å². The van der Waals surface area contributed by atoms with Crippen molar-refractivity contribution in [3.05, 3.63) is 28.8 Å². The van der Waals surface area contributed by atoms with Crippen molar-refractivity contribution in [2.24, 2.45) is 23.7 Å². The van der Waals surface area contributed by atoms with E-state index in [1.807, 2.05) is 0 Å². The number of Topliss-reactive ketones (excluding diaryl/α,β-unsaturated/α-hetero) is 2. The summed E-state index contributed by atoms with van der Waals surface area (Å²) in [4.78, 5) is 53.0. The molecule has 0 aromatic heterocycles. The molecular weight excluding hydrogens is 1080 g/mol. The van der Waals surface area contributed by atoms with Gasteiger partial charge in [0, 0.05) is 76.6 Å². The molecule has 0 saturated carbocycles. The first-order chi connectivity index (χ1) is 38.6. The summed E-state index contributed by atoms with van der Waals surface area (Å²) >= 11 is 0. The van der Waals surface area contributed by atoms with E-state index in [1.54, 1.807) is 34.6 Å². The molecule has 5 heterocycles. The predicted molar refractivity (Wildman–Crippen MR) is 281 cm³/mol. The Kier molecular flexibility index (Phi) is 20.0. The number of aliphatic hydroxyl groups excluding tert-OH is 5. The third-order valence-electron chi connectivity index (χ3n) is 17.2. The Hall–Kier alpha value is -4.26. The minimum atomic E-state index is -1.95. The molecule has 5 fully saturated rings.